The number of rotatable bonds is 15. The zero-order chi connectivity index (χ0) is 35.4. The Morgan fingerprint density at radius 1 is 0.784 bits per heavy atom. The molecule has 6 rings (SSSR count). The molecule has 1 amide bonds. The maximum atomic E-state index is 12.8. The minimum absolute atomic E-state index is 0.297. The SMILES string of the molecule is CCOc1cc(COc2ccc(/C=N/NC(=O)c3ccc(-c4csc(Nc5ccc(C)cc5)n4)cc3)cc2OC)ccc1OCc1ccccc1. The zero-order valence-electron chi connectivity index (χ0n) is 28.6. The van der Waals surface area contributed by atoms with Gasteiger partial charge in [-0.2, -0.15) is 5.10 Å². The van der Waals surface area contributed by atoms with E-state index >= 15 is 0 Å². The second-order valence-corrected chi connectivity index (χ2v) is 12.4. The molecular formula is C41H38N4O5S. The highest BCUT2D eigenvalue weighted by Gasteiger charge is 2.11. The summed E-state index contributed by atoms with van der Waals surface area (Å²) in [5.74, 6) is 2.11. The molecule has 0 atom stereocenters. The molecule has 0 radical (unpaired) electrons. The highest BCUT2D eigenvalue weighted by molar-refractivity contribution is 7.14. The smallest absolute Gasteiger partial charge is 0.271 e. The summed E-state index contributed by atoms with van der Waals surface area (Å²) in [6, 6.07) is 36.6. The second kappa shape index (κ2) is 17.0. The van der Waals surface area contributed by atoms with Gasteiger partial charge in [0.05, 0.1) is 25.6 Å². The van der Waals surface area contributed by atoms with Crippen LogP contribution in [0.4, 0.5) is 10.8 Å². The number of nitrogens with one attached hydrogen (secondary N) is 2. The van der Waals surface area contributed by atoms with Gasteiger partial charge in [-0.3, -0.25) is 4.79 Å². The number of thiazole rings is 1. The topological polar surface area (TPSA) is 103 Å². The van der Waals surface area contributed by atoms with E-state index in [2.05, 4.69) is 39.9 Å². The molecule has 2 N–H and O–H groups in total. The van der Waals surface area contributed by atoms with Gasteiger partial charge in [0, 0.05) is 22.2 Å². The summed E-state index contributed by atoms with van der Waals surface area (Å²) >= 11 is 1.52. The number of aromatic nitrogens is 1. The normalized spacial score (nSPS) is 10.9. The molecule has 0 aliphatic heterocycles. The predicted molar refractivity (Wildman–Crippen MR) is 203 cm³/mol. The third-order valence-corrected chi connectivity index (χ3v) is 8.51. The number of hydrazone groups is 1. The Morgan fingerprint density at radius 2 is 1.51 bits per heavy atom. The number of amides is 1. The number of ether oxygens (including phenoxy) is 4. The molecule has 258 valence electrons. The van der Waals surface area contributed by atoms with Crippen LogP contribution < -0.4 is 29.7 Å². The summed E-state index contributed by atoms with van der Waals surface area (Å²) < 4.78 is 23.6. The second-order valence-electron chi connectivity index (χ2n) is 11.5. The molecule has 1 heterocycles. The number of benzene rings is 5. The molecule has 5 aromatic carbocycles. The van der Waals surface area contributed by atoms with Gasteiger partial charge in [-0.1, -0.05) is 66.2 Å². The molecule has 6 aromatic rings. The third kappa shape index (κ3) is 9.52. The summed E-state index contributed by atoms with van der Waals surface area (Å²) in [6.07, 6.45) is 1.55. The van der Waals surface area contributed by atoms with Crippen molar-refractivity contribution in [2.45, 2.75) is 27.1 Å². The minimum atomic E-state index is -0.326. The van der Waals surface area contributed by atoms with Crippen molar-refractivity contribution in [1.29, 1.82) is 0 Å². The minimum Gasteiger partial charge on any atom is -0.493 e. The van der Waals surface area contributed by atoms with Gasteiger partial charge in [-0.05, 0) is 85.1 Å². The average Bonchev–Trinajstić information content (AvgIpc) is 3.63. The van der Waals surface area contributed by atoms with Crippen LogP contribution in [0.15, 0.2) is 126 Å². The number of hydrogen-bond acceptors (Lipinski definition) is 9. The van der Waals surface area contributed by atoms with Gasteiger partial charge >= 0.3 is 0 Å². The largest absolute Gasteiger partial charge is 0.493 e. The fourth-order valence-corrected chi connectivity index (χ4v) is 5.80. The number of methoxy groups -OCH3 is 1. The van der Waals surface area contributed by atoms with E-state index in [1.165, 1.54) is 16.9 Å². The van der Waals surface area contributed by atoms with E-state index < -0.39 is 0 Å². The van der Waals surface area contributed by atoms with E-state index in [0.717, 1.165) is 38.8 Å². The van der Waals surface area contributed by atoms with E-state index in [1.807, 2.05) is 97.2 Å². The number of carbonyl (C=O) groups is 1. The Labute approximate surface area is 301 Å². The quantitative estimate of drug-likeness (QED) is 0.0814. The Morgan fingerprint density at radius 3 is 2.25 bits per heavy atom. The monoisotopic (exact) mass is 698 g/mol. The van der Waals surface area contributed by atoms with Crippen LogP contribution in [0.25, 0.3) is 11.3 Å². The molecule has 9 nitrogen and oxygen atoms in total. The van der Waals surface area contributed by atoms with Gasteiger partial charge in [0.2, 0.25) is 0 Å². The van der Waals surface area contributed by atoms with E-state index in [4.69, 9.17) is 18.9 Å². The molecule has 0 fully saturated rings. The molecule has 0 unspecified atom stereocenters. The number of nitrogens with zero attached hydrogens (tertiary/aromatic N) is 2. The van der Waals surface area contributed by atoms with Crippen LogP contribution in [0.5, 0.6) is 23.0 Å². The van der Waals surface area contributed by atoms with Crippen molar-refractivity contribution in [2.75, 3.05) is 19.0 Å². The van der Waals surface area contributed by atoms with E-state index in [1.54, 1.807) is 31.5 Å². The van der Waals surface area contributed by atoms with Crippen LogP contribution in [0, 0.1) is 6.92 Å². The first-order valence-corrected chi connectivity index (χ1v) is 17.3. The Kier molecular flexibility index (Phi) is 11.6. The van der Waals surface area contributed by atoms with Crippen LogP contribution in [-0.2, 0) is 13.2 Å². The van der Waals surface area contributed by atoms with Crippen molar-refractivity contribution >= 4 is 34.3 Å². The molecule has 0 bridgehead atoms. The highest BCUT2D eigenvalue weighted by Crippen LogP contribution is 2.32. The lowest BCUT2D eigenvalue weighted by Gasteiger charge is -2.15. The van der Waals surface area contributed by atoms with Crippen molar-refractivity contribution in [3.8, 4) is 34.3 Å². The molecule has 0 aliphatic carbocycles. The Hall–Kier alpha value is -6.13. The van der Waals surface area contributed by atoms with Crippen molar-refractivity contribution in [1.82, 2.24) is 10.4 Å². The van der Waals surface area contributed by atoms with E-state index in [-0.39, 0.29) is 5.91 Å². The predicted octanol–water partition coefficient (Wildman–Crippen LogP) is 9.19. The summed E-state index contributed by atoms with van der Waals surface area (Å²) in [4.78, 5) is 17.5. The number of anilines is 2. The maximum absolute atomic E-state index is 12.8. The molecular weight excluding hydrogens is 661 g/mol. The number of carbonyl (C=O) groups excluding carboxylic acids is 1. The molecule has 1 aromatic heterocycles. The average molecular weight is 699 g/mol. The van der Waals surface area contributed by atoms with E-state index in [9.17, 15) is 4.79 Å². The van der Waals surface area contributed by atoms with Crippen LogP contribution >= 0.6 is 11.3 Å². The maximum Gasteiger partial charge on any atom is 0.271 e. The van der Waals surface area contributed by atoms with Gasteiger partial charge < -0.3 is 24.3 Å². The van der Waals surface area contributed by atoms with Crippen molar-refractivity contribution in [2.24, 2.45) is 5.10 Å². The standard InChI is InChI=1S/C41H38N4O5S/c1-4-48-39-23-31(13-21-37(39)49-25-29-8-6-5-7-9-29)26-50-36-20-12-30(22-38(36)47-3)24-42-45-40(46)33-16-14-32(15-17-33)35-27-51-41(44-35)43-34-18-10-28(2)11-19-34/h5-24,27H,4,25-26H2,1-3H3,(H,43,44)(H,45,46)/b42-24+. The fourth-order valence-electron chi connectivity index (χ4n) is 5.06. The van der Waals surface area contributed by atoms with Gasteiger partial charge in [-0.25, -0.2) is 10.4 Å². The lowest BCUT2D eigenvalue weighted by molar-refractivity contribution is 0.0955. The number of aryl methyl sites for hydroxylation is 1. The first-order valence-electron chi connectivity index (χ1n) is 16.4. The lowest BCUT2D eigenvalue weighted by atomic mass is 10.1. The Balaban J connectivity index is 1.01. The van der Waals surface area contributed by atoms with Crippen LogP contribution in [0.1, 0.15) is 39.5 Å². The van der Waals surface area contributed by atoms with Gasteiger partial charge in [-0.15, -0.1) is 11.3 Å². The van der Waals surface area contributed by atoms with Crippen molar-refractivity contribution in [3.63, 3.8) is 0 Å². The molecule has 0 aliphatic rings. The molecule has 0 spiro atoms. The lowest BCUT2D eigenvalue weighted by Crippen LogP contribution is -2.17. The van der Waals surface area contributed by atoms with Gasteiger partial charge in [0.15, 0.2) is 28.1 Å². The highest BCUT2D eigenvalue weighted by atomic mass is 32.1. The molecule has 10 heteroatoms. The zero-order valence-corrected chi connectivity index (χ0v) is 29.4. The van der Waals surface area contributed by atoms with Crippen LogP contribution in [0.3, 0.4) is 0 Å². The first-order chi connectivity index (χ1) is 25.0. The summed E-state index contributed by atoms with van der Waals surface area (Å²) in [5.41, 5.74) is 9.73. The first kappa shape index (κ1) is 34.7. The molecule has 0 saturated carbocycles. The Bertz CT molecular complexity index is 2080. The van der Waals surface area contributed by atoms with Crippen molar-refractivity contribution in [3.05, 3.63) is 148 Å². The van der Waals surface area contributed by atoms with Gasteiger partial charge in [0.1, 0.15) is 13.2 Å². The van der Waals surface area contributed by atoms with Gasteiger partial charge in [0.25, 0.3) is 5.91 Å². The van der Waals surface area contributed by atoms with E-state index in [0.29, 0.717) is 48.4 Å². The van der Waals surface area contributed by atoms with Crippen molar-refractivity contribution < 1.29 is 23.7 Å². The summed E-state index contributed by atoms with van der Waals surface area (Å²) in [6.45, 7) is 5.25. The molecule has 51 heavy (non-hydrogen) atoms. The fraction of sp³-hybridized carbons (Fsp3) is 0.146. The third-order valence-electron chi connectivity index (χ3n) is 7.76. The molecule has 0 saturated heterocycles. The van der Waals surface area contributed by atoms with Crippen LogP contribution in [0.2, 0.25) is 0 Å². The summed E-state index contributed by atoms with van der Waals surface area (Å²) in [7, 11) is 1.58. The van der Waals surface area contributed by atoms with Crippen LogP contribution in [-0.4, -0.2) is 30.8 Å². The number of hydrogen-bond donors (Lipinski definition) is 2. The summed E-state index contributed by atoms with van der Waals surface area (Å²) in [5, 5.41) is 10.3.